The molecule has 0 aliphatic carbocycles. The molecule has 0 bridgehead atoms. The third-order valence-electron chi connectivity index (χ3n) is 5.06. The van der Waals surface area contributed by atoms with E-state index in [9.17, 15) is 22.4 Å². The highest BCUT2D eigenvalue weighted by Gasteiger charge is 2.30. The highest BCUT2D eigenvalue weighted by Crippen LogP contribution is 2.28. The summed E-state index contributed by atoms with van der Waals surface area (Å²) in [5.74, 6) is -1.32. The van der Waals surface area contributed by atoms with Gasteiger partial charge in [-0.3, -0.25) is 13.9 Å². The zero-order valence-corrected chi connectivity index (χ0v) is 21.3. The van der Waals surface area contributed by atoms with Crippen molar-refractivity contribution < 1.29 is 22.4 Å². The minimum absolute atomic E-state index is 0.0229. The van der Waals surface area contributed by atoms with Crippen LogP contribution in [0.5, 0.6) is 0 Å². The lowest BCUT2D eigenvalue weighted by Gasteiger charge is -2.31. The SMILES string of the molecule is CCCCNC(=O)[C@H](C)N(Cc1ccc(F)cc1)C(=O)CN(c1ccccc1Br)S(C)(=O)=O. The number of para-hydroxylation sites is 1. The summed E-state index contributed by atoms with van der Waals surface area (Å²) in [5, 5.41) is 2.81. The molecule has 180 valence electrons. The lowest BCUT2D eigenvalue weighted by Crippen LogP contribution is -2.51. The van der Waals surface area contributed by atoms with Crippen LogP contribution >= 0.6 is 15.9 Å². The first-order chi connectivity index (χ1) is 15.5. The number of sulfonamides is 1. The standard InChI is InChI=1S/C23H29BrFN3O4S/c1-4-5-14-26-23(30)17(2)27(15-18-10-12-19(25)13-11-18)22(29)16-28(33(3,31)32)21-9-7-6-8-20(21)24/h6-13,17H,4-5,14-16H2,1-3H3,(H,26,30)/t17-/m0/s1. The summed E-state index contributed by atoms with van der Waals surface area (Å²) in [4.78, 5) is 27.4. The molecule has 0 aromatic heterocycles. The number of rotatable bonds is 11. The number of unbranched alkanes of at least 4 members (excludes halogenated alkanes) is 1. The Hall–Kier alpha value is -2.46. The average Bonchev–Trinajstić information content (AvgIpc) is 2.76. The maximum atomic E-state index is 13.4. The van der Waals surface area contributed by atoms with Crippen molar-refractivity contribution in [3.63, 3.8) is 0 Å². The summed E-state index contributed by atoms with van der Waals surface area (Å²) in [5.41, 5.74) is 0.930. The van der Waals surface area contributed by atoms with Gasteiger partial charge in [0.1, 0.15) is 18.4 Å². The van der Waals surface area contributed by atoms with Crippen LogP contribution in [0.3, 0.4) is 0 Å². The van der Waals surface area contributed by atoms with E-state index in [1.807, 2.05) is 6.92 Å². The summed E-state index contributed by atoms with van der Waals surface area (Å²) < 4.78 is 39.9. The Bertz CT molecular complexity index is 1060. The van der Waals surface area contributed by atoms with Crippen LogP contribution in [-0.4, -0.2) is 50.5 Å². The Morgan fingerprint density at radius 2 is 1.76 bits per heavy atom. The number of benzene rings is 2. The topological polar surface area (TPSA) is 86.8 Å². The summed E-state index contributed by atoms with van der Waals surface area (Å²) in [7, 11) is -3.81. The molecule has 2 rings (SSSR count). The molecule has 0 unspecified atom stereocenters. The largest absolute Gasteiger partial charge is 0.354 e. The molecule has 0 aliphatic rings. The number of halogens is 2. The number of hydrogen-bond acceptors (Lipinski definition) is 4. The van der Waals surface area contributed by atoms with Crippen LogP contribution in [0.4, 0.5) is 10.1 Å². The fourth-order valence-electron chi connectivity index (χ4n) is 3.15. The van der Waals surface area contributed by atoms with Gasteiger partial charge in [0.25, 0.3) is 0 Å². The number of anilines is 1. The molecule has 0 aliphatic heterocycles. The van der Waals surface area contributed by atoms with Gasteiger partial charge in [0, 0.05) is 17.6 Å². The second-order valence-corrected chi connectivity index (χ2v) is 10.5. The maximum Gasteiger partial charge on any atom is 0.244 e. The van der Waals surface area contributed by atoms with Crippen molar-refractivity contribution in [1.29, 1.82) is 0 Å². The predicted molar refractivity (Wildman–Crippen MR) is 131 cm³/mol. The molecule has 0 saturated carbocycles. The van der Waals surface area contributed by atoms with Crippen LogP contribution < -0.4 is 9.62 Å². The van der Waals surface area contributed by atoms with E-state index in [2.05, 4.69) is 21.2 Å². The molecule has 0 saturated heterocycles. The van der Waals surface area contributed by atoms with Crippen LogP contribution in [0.2, 0.25) is 0 Å². The van der Waals surface area contributed by atoms with Crippen LogP contribution in [-0.2, 0) is 26.2 Å². The molecule has 10 heteroatoms. The number of hydrogen-bond donors (Lipinski definition) is 1. The highest BCUT2D eigenvalue weighted by molar-refractivity contribution is 9.10. The Labute approximate surface area is 203 Å². The average molecular weight is 542 g/mol. The van der Waals surface area contributed by atoms with E-state index < -0.39 is 34.3 Å². The molecule has 0 heterocycles. The van der Waals surface area contributed by atoms with Gasteiger partial charge in [0.2, 0.25) is 21.8 Å². The monoisotopic (exact) mass is 541 g/mol. The van der Waals surface area contributed by atoms with Gasteiger partial charge in [-0.2, -0.15) is 0 Å². The van der Waals surface area contributed by atoms with Crippen LogP contribution in [0.1, 0.15) is 32.3 Å². The van der Waals surface area contributed by atoms with E-state index in [0.717, 1.165) is 23.4 Å². The van der Waals surface area contributed by atoms with Crippen LogP contribution in [0.25, 0.3) is 0 Å². The predicted octanol–water partition coefficient (Wildman–Crippen LogP) is 3.69. The second-order valence-electron chi connectivity index (χ2n) is 7.69. The van der Waals surface area contributed by atoms with Crippen molar-refractivity contribution in [3.05, 3.63) is 64.4 Å². The van der Waals surface area contributed by atoms with E-state index in [4.69, 9.17) is 0 Å². The van der Waals surface area contributed by atoms with Gasteiger partial charge in [0.15, 0.2) is 0 Å². The smallest absolute Gasteiger partial charge is 0.244 e. The molecule has 7 nitrogen and oxygen atoms in total. The van der Waals surface area contributed by atoms with Crippen LogP contribution in [0.15, 0.2) is 53.0 Å². The van der Waals surface area contributed by atoms with E-state index in [1.54, 1.807) is 31.2 Å². The summed E-state index contributed by atoms with van der Waals surface area (Å²) >= 11 is 3.33. The van der Waals surface area contributed by atoms with Crippen molar-refractivity contribution >= 4 is 43.5 Å². The molecule has 33 heavy (non-hydrogen) atoms. The second kappa shape index (κ2) is 12.1. The van der Waals surface area contributed by atoms with Crippen molar-refractivity contribution in [1.82, 2.24) is 10.2 Å². The number of amides is 2. The zero-order chi connectivity index (χ0) is 24.6. The number of carbonyl (C=O) groups is 2. The lowest BCUT2D eigenvalue weighted by atomic mass is 10.1. The van der Waals surface area contributed by atoms with E-state index in [1.165, 1.54) is 29.2 Å². The van der Waals surface area contributed by atoms with Gasteiger partial charge in [-0.05, 0) is 59.1 Å². The quantitative estimate of drug-likeness (QED) is 0.439. The van der Waals surface area contributed by atoms with E-state index >= 15 is 0 Å². The molecule has 0 radical (unpaired) electrons. The normalized spacial score (nSPS) is 12.2. The number of nitrogens with one attached hydrogen (secondary N) is 1. The third-order valence-corrected chi connectivity index (χ3v) is 6.86. The highest BCUT2D eigenvalue weighted by atomic mass is 79.9. The summed E-state index contributed by atoms with van der Waals surface area (Å²) in [6, 6.07) is 11.4. The first-order valence-corrected chi connectivity index (χ1v) is 13.2. The molecule has 2 amide bonds. The molecule has 0 fully saturated rings. The third kappa shape index (κ3) is 7.82. The number of nitrogens with zero attached hydrogens (tertiary/aromatic N) is 2. The van der Waals surface area contributed by atoms with Gasteiger partial charge < -0.3 is 10.2 Å². The Balaban J connectivity index is 2.34. The molecular formula is C23H29BrFN3O4S. The molecule has 2 aromatic rings. The van der Waals surface area contributed by atoms with Crippen molar-refractivity contribution in [2.24, 2.45) is 0 Å². The van der Waals surface area contributed by atoms with Gasteiger partial charge in [0.05, 0.1) is 11.9 Å². The Morgan fingerprint density at radius 3 is 2.33 bits per heavy atom. The molecule has 0 spiro atoms. The van der Waals surface area contributed by atoms with Gasteiger partial charge in [-0.25, -0.2) is 12.8 Å². The zero-order valence-electron chi connectivity index (χ0n) is 18.9. The van der Waals surface area contributed by atoms with Gasteiger partial charge in [-0.1, -0.05) is 37.6 Å². The van der Waals surface area contributed by atoms with E-state index in [0.29, 0.717) is 22.3 Å². The molecule has 1 atom stereocenters. The van der Waals surface area contributed by atoms with Crippen molar-refractivity contribution in [3.8, 4) is 0 Å². The fourth-order valence-corrected chi connectivity index (χ4v) is 4.63. The Kier molecular flexibility index (Phi) is 9.85. The van der Waals surface area contributed by atoms with E-state index in [-0.39, 0.29) is 12.5 Å². The summed E-state index contributed by atoms with van der Waals surface area (Å²) in [6.07, 6.45) is 2.72. The lowest BCUT2D eigenvalue weighted by molar-refractivity contribution is -0.139. The minimum atomic E-state index is -3.81. The molecular weight excluding hydrogens is 513 g/mol. The fraction of sp³-hybridized carbons (Fsp3) is 0.391. The molecule has 1 N–H and O–H groups in total. The van der Waals surface area contributed by atoms with Gasteiger partial charge in [-0.15, -0.1) is 0 Å². The summed E-state index contributed by atoms with van der Waals surface area (Å²) in [6.45, 7) is 3.60. The first kappa shape index (κ1) is 26.8. The first-order valence-electron chi connectivity index (χ1n) is 10.6. The number of carbonyl (C=O) groups excluding carboxylic acids is 2. The maximum absolute atomic E-state index is 13.4. The van der Waals surface area contributed by atoms with Crippen molar-refractivity contribution in [2.45, 2.75) is 39.3 Å². The molecule has 2 aromatic carbocycles. The Morgan fingerprint density at radius 1 is 1.12 bits per heavy atom. The van der Waals surface area contributed by atoms with Gasteiger partial charge >= 0.3 is 0 Å². The van der Waals surface area contributed by atoms with Crippen molar-refractivity contribution in [2.75, 3.05) is 23.7 Å². The van der Waals surface area contributed by atoms with Crippen LogP contribution in [0, 0.1) is 5.82 Å². The minimum Gasteiger partial charge on any atom is -0.354 e.